The van der Waals surface area contributed by atoms with Crippen LogP contribution in [0.5, 0.6) is 5.75 Å². The molecule has 270 valence electrons. The minimum absolute atomic E-state index is 0.0703. The summed E-state index contributed by atoms with van der Waals surface area (Å²) in [6.07, 6.45) is -3.07. The molecule has 0 spiro atoms. The van der Waals surface area contributed by atoms with Crippen molar-refractivity contribution in [1.82, 2.24) is 25.3 Å². The molecule has 2 aliphatic rings. The van der Waals surface area contributed by atoms with Gasteiger partial charge in [0.1, 0.15) is 11.5 Å². The highest BCUT2D eigenvalue weighted by molar-refractivity contribution is 6.30. The molecule has 2 N–H and O–H groups in total. The number of carbonyl (C=O) groups is 2. The fourth-order valence-electron chi connectivity index (χ4n) is 6.63. The molecule has 2 amide bonds. The lowest BCUT2D eigenvalue weighted by atomic mass is 9.94. The molecule has 0 aliphatic carbocycles. The lowest BCUT2D eigenvalue weighted by molar-refractivity contribution is -0.142. The first-order chi connectivity index (χ1) is 24.4. The van der Waals surface area contributed by atoms with Crippen LogP contribution in [0.3, 0.4) is 0 Å². The average Bonchev–Trinajstić information content (AvgIpc) is 3.78. The van der Waals surface area contributed by atoms with Crippen molar-refractivity contribution >= 4 is 35.0 Å². The zero-order valence-electron chi connectivity index (χ0n) is 28.1. The normalized spacial score (nSPS) is 21.1. The summed E-state index contributed by atoms with van der Waals surface area (Å²) in [5.74, 6) is 0.117. The Kier molecular flexibility index (Phi) is 11.0. The fraction of sp³-hybridized carbons (Fsp3) is 0.351. The summed E-state index contributed by atoms with van der Waals surface area (Å²) in [6, 6.07) is 20.1. The molecule has 2 aliphatic heterocycles. The summed E-state index contributed by atoms with van der Waals surface area (Å²) < 4.78 is 53.0. The number of benzene rings is 3. The van der Waals surface area contributed by atoms with Gasteiger partial charge in [-0.1, -0.05) is 53.5 Å². The van der Waals surface area contributed by atoms with Gasteiger partial charge >= 0.3 is 6.18 Å². The molecular weight excluding hydrogens is 706 g/mol. The summed E-state index contributed by atoms with van der Waals surface area (Å²) in [5.41, 5.74) is -0.796. The van der Waals surface area contributed by atoms with Gasteiger partial charge < -0.3 is 19.0 Å². The van der Waals surface area contributed by atoms with Crippen molar-refractivity contribution in [2.24, 2.45) is 0 Å². The minimum atomic E-state index is -4.63. The molecule has 0 radical (unpaired) electrons. The molecule has 3 aromatic carbocycles. The van der Waals surface area contributed by atoms with E-state index in [-0.39, 0.29) is 49.4 Å². The molecule has 0 bridgehead atoms. The predicted molar refractivity (Wildman–Crippen MR) is 187 cm³/mol. The monoisotopic (exact) mass is 743 g/mol. The van der Waals surface area contributed by atoms with Gasteiger partial charge in [-0.15, -0.1) is 0 Å². The van der Waals surface area contributed by atoms with Gasteiger partial charge in [0.25, 0.3) is 5.91 Å². The second kappa shape index (κ2) is 15.3. The molecule has 4 aromatic rings. The van der Waals surface area contributed by atoms with Crippen LogP contribution in [0.2, 0.25) is 10.0 Å². The number of likely N-dealkylation sites (N-methyl/N-ethyl adjacent to an activating group) is 1. The van der Waals surface area contributed by atoms with Gasteiger partial charge in [0.05, 0.1) is 43.6 Å². The van der Waals surface area contributed by atoms with Crippen molar-refractivity contribution < 1.29 is 31.9 Å². The minimum Gasteiger partial charge on any atom is -0.493 e. The topological polar surface area (TPSA) is 90.3 Å². The second-order valence-corrected chi connectivity index (χ2v) is 13.5. The van der Waals surface area contributed by atoms with Crippen LogP contribution >= 0.6 is 23.2 Å². The van der Waals surface area contributed by atoms with Crippen LogP contribution in [0, 0.1) is 0 Å². The second-order valence-electron chi connectivity index (χ2n) is 12.6. The van der Waals surface area contributed by atoms with Gasteiger partial charge in [0.2, 0.25) is 5.91 Å². The van der Waals surface area contributed by atoms with Crippen LogP contribution in [-0.2, 0) is 28.0 Å². The molecule has 1 aromatic heterocycles. The van der Waals surface area contributed by atoms with Crippen LogP contribution in [0.25, 0.3) is 0 Å². The number of hydrogen-bond acceptors (Lipinski definition) is 7. The number of nitrogens with zero attached hydrogens (tertiary/aromatic N) is 3. The van der Waals surface area contributed by atoms with Gasteiger partial charge in [0, 0.05) is 48.8 Å². The van der Waals surface area contributed by atoms with Crippen LogP contribution in [-0.4, -0.2) is 72.9 Å². The van der Waals surface area contributed by atoms with Gasteiger partial charge in [-0.2, -0.15) is 13.2 Å². The van der Waals surface area contributed by atoms with E-state index >= 15 is 4.79 Å². The first kappa shape index (κ1) is 36.7. The van der Waals surface area contributed by atoms with Crippen molar-refractivity contribution in [2.45, 2.75) is 37.4 Å². The zero-order chi connectivity index (χ0) is 36.3. The third-order valence-electron chi connectivity index (χ3n) is 9.29. The zero-order valence-corrected chi connectivity index (χ0v) is 29.6. The highest BCUT2D eigenvalue weighted by atomic mass is 35.5. The van der Waals surface area contributed by atoms with Crippen molar-refractivity contribution in [3.05, 3.63) is 123 Å². The Hall–Kier alpha value is -4.07. The van der Waals surface area contributed by atoms with E-state index in [1.54, 1.807) is 66.4 Å². The standard InChI is InChI=1S/C37H38Cl2F3N5O4/c1-3-50-31-21-26(37(40,41)42)10-15-30(31)36(35(49)47-18-16-46(17-19-47)23-32(48)45(2)22-29-5-4-20-51-29)43-33(24-6-11-27(38)12-7-24)34(44-36)25-8-13-28(39)14-9-25/h4-15,20-21,33-34,43-44H,3,16-19,22-23H2,1-2H3. The Morgan fingerprint density at radius 2 is 1.51 bits per heavy atom. The maximum Gasteiger partial charge on any atom is 0.416 e. The third-order valence-corrected chi connectivity index (χ3v) is 9.79. The summed E-state index contributed by atoms with van der Waals surface area (Å²) in [7, 11) is 1.71. The van der Waals surface area contributed by atoms with Crippen molar-refractivity contribution in [3.8, 4) is 5.75 Å². The number of ether oxygens (including phenoxy) is 1. The lowest BCUT2D eigenvalue weighted by Gasteiger charge is -2.40. The number of halogens is 5. The molecule has 9 nitrogen and oxygen atoms in total. The number of amides is 2. The fourth-order valence-corrected chi connectivity index (χ4v) is 6.88. The Labute approximate surface area is 304 Å². The average molecular weight is 745 g/mol. The number of rotatable bonds is 10. The molecule has 2 fully saturated rings. The van der Waals surface area contributed by atoms with Crippen LogP contribution in [0.4, 0.5) is 13.2 Å². The van der Waals surface area contributed by atoms with E-state index in [2.05, 4.69) is 10.6 Å². The maximum atomic E-state index is 15.0. The van der Waals surface area contributed by atoms with Gasteiger partial charge in [-0.25, -0.2) is 0 Å². The third kappa shape index (κ3) is 8.05. The van der Waals surface area contributed by atoms with E-state index in [4.69, 9.17) is 32.4 Å². The Bertz CT molecular complexity index is 1760. The van der Waals surface area contributed by atoms with Crippen LogP contribution in [0.15, 0.2) is 89.5 Å². The quantitative estimate of drug-likeness (QED) is 0.189. The number of alkyl halides is 3. The van der Waals surface area contributed by atoms with E-state index in [9.17, 15) is 18.0 Å². The first-order valence-corrected chi connectivity index (χ1v) is 17.3. The first-order valence-electron chi connectivity index (χ1n) is 16.6. The van der Waals surface area contributed by atoms with Crippen LogP contribution in [0.1, 0.15) is 47.0 Å². The smallest absolute Gasteiger partial charge is 0.416 e. The molecule has 51 heavy (non-hydrogen) atoms. The van der Waals surface area contributed by atoms with Crippen LogP contribution < -0.4 is 15.4 Å². The molecular formula is C37H38Cl2F3N5O4. The molecule has 0 saturated carbocycles. The number of piperazine rings is 1. The largest absolute Gasteiger partial charge is 0.493 e. The Morgan fingerprint density at radius 1 is 0.922 bits per heavy atom. The molecule has 6 rings (SSSR count). The lowest BCUT2D eigenvalue weighted by Crippen LogP contribution is -2.62. The molecule has 3 heterocycles. The molecule has 2 unspecified atom stereocenters. The SMILES string of the molecule is CCOc1cc(C(F)(F)F)ccc1C1(C(=O)N2CCN(CC(=O)N(C)Cc3ccco3)CC2)NC(c2ccc(Cl)cc2)C(c2ccc(Cl)cc2)N1. The maximum absolute atomic E-state index is 15.0. The predicted octanol–water partition coefficient (Wildman–Crippen LogP) is 6.63. The number of carbonyl (C=O) groups excluding carboxylic acids is 2. The highest BCUT2D eigenvalue weighted by Gasteiger charge is 2.55. The summed E-state index contributed by atoms with van der Waals surface area (Å²) in [6.45, 7) is 3.62. The molecule has 14 heteroatoms. The van der Waals surface area contributed by atoms with Gasteiger partial charge in [-0.3, -0.25) is 25.1 Å². The summed E-state index contributed by atoms with van der Waals surface area (Å²) in [5, 5.41) is 8.12. The number of hydrogen-bond donors (Lipinski definition) is 2. The van der Waals surface area contributed by atoms with E-state index in [1.165, 1.54) is 6.07 Å². The van der Waals surface area contributed by atoms with E-state index in [0.717, 1.165) is 23.3 Å². The Balaban J connectivity index is 1.34. The van der Waals surface area contributed by atoms with Gasteiger partial charge in [0.15, 0.2) is 5.66 Å². The summed E-state index contributed by atoms with van der Waals surface area (Å²) >= 11 is 12.5. The van der Waals surface area contributed by atoms with E-state index < -0.39 is 29.5 Å². The molecule has 2 atom stereocenters. The van der Waals surface area contributed by atoms with Crippen molar-refractivity contribution in [1.29, 1.82) is 0 Å². The Morgan fingerprint density at radius 3 is 2.02 bits per heavy atom. The summed E-state index contributed by atoms with van der Waals surface area (Å²) in [4.78, 5) is 33.3. The van der Waals surface area contributed by atoms with Gasteiger partial charge in [-0.05, 0) is 66.6 Å². The molecule has 2 saturated heterocycles. The van der Waals surface area contributed by atoms with E-state index in [0.29, 0.717) is 35.4 Å². The van der Waals surface area contributed by atoms with E-state index in [1.807, 2.05) is 29.2 Å². The highest BCUT2D eigenvalue weighted by Crippen LogP contribution is 2.46. The number of furan rings is 1. The van der Waals surface area contributed by atoms with Crippen molar-refractivity contribution in [3.63, 3.8) is 0 Å². The van der Waals surface area contributed by atoms with Crippen molar-refractivity contribution in [2.75, 3.05) is 46.4 Å². The number of nitrogens with one attached hydrogen (secondary N) is 2.